The molecule has 3 rings (SSSR count). The Labute approximate surface area is 216 Å². The van der Waals surface area contributed by atoms with E-state index in [-0.39, 0.29) is 41.8 Å². The quantitative estimate of drug-likeness (QED) is 0.458. The fourth-order valence-corrected chi connectivity index (χ4v) is 4.41. The van der Waals surface area contributed by atoms with Crippen LogP contribution >= 0.6 is 23.2 Å². The van der Waals surface area contributed by atoms with Gasteiger partial charge in [0, 0.05) is 32.6 Å². The third-order valence-electron chi connectivity index (χ3n) is 5.98. The molecule has 0 bridgehead atoms. The Morgan fingerprint density at radius 2 is 1.86 bits per heavy atom. The highest BCUT2D eigenvalue weighted by atomic mass is 35.5. The molecule has 3 amide bonds. The molecule has 0 spiro atoms. The molecule has 0 radical (unpaired) electrons. The first-order valence-corrected chi connectivity index (χ1v) is 12.6. The van der Waals surface area contributed by atoms with Gasteiger partial charge in [-0.25, -0.2) is 4.79 Å². The highest BCUT2D eigenvalue weighted by Gasteiger charge is 2.29. The Bertz CT molecular complexity index is 1020. The van der Waals surface area contributed by atoms with Crippen LogP contribution < -0.4 is 5.32 Å². The molecule has 1 N–H and O–H groups in total. The van der Waals surface area contributed by atoms with E-state index >= 15 is 0 Å². The van der Waals surface area contributed by atoms with Crippen LogP contribution in [-0.4, -0.2) is 60.5 Å². The zero-order chi connectivity index (χ0) is 25.2. The Balaban J connectivity index is 1.64. The van der Waals surface area contributed by atoms with Crippen molar-refractivity contribution in [3.8, 4) is 0 Å². The summed E-state index contributed by atoms with van der Waals surface area (Å²) in [4.78, 5) is 41.5. The number of amides is 3. The molecule has 0 aliphatic carbocycles. The van der Waals surface area contributed by atoms with Crippen molar-refractivity contribution in [1.82, 2.24) is 9.80 Å². The summed E-state index contributed by atoms with van der Waals surface area (Å²) in [6.45, 7) is 3.71. The van der Waals surface area contributed by atoms with Crippen LogP contribution in [0.25, 0.3) is 0 Å². The van der Waals surface area contributed by atoms with Gasteiger partial charge in [-0.1, -0.05) is 59.6 Å². The van der Waals surface area contributed by atoms with E-state index in [1.165, 1.54) is 0 Å². The van der Waals surface area contributed by atoms with E-state index < -0.39 is 0 Å². The number of hydrogen-bond acceptors (Lipinski definition) is 4. The molecule has 1 aliphatic rings. The Hall–Kier alpha value is -2.77. The van der Waals surface area contributed by atoms with Crippen molar-refractivity contribution in [2.45, 2.75) is 32.6 Å². The maximum Gasteiger partial charge on any atom is 0.321 e. The lowest BCUT2D eigenvalue weighted by Gasteiger charge is -2.32. The van der Waals surface area contributed by atoms with Crippen LogP contribution in [-0.2, 0) is 20.7 Å². The standard InChI is InChI=1S/C26H31Cl2N3O4/c1-2-35-25(33)20-10-7-15-31(18-20)23(32)14-17-30(16-13-19-8-4-3-5-9-19)26(34)29-22-12-6-11-21(27)24(22)28/h3-6,8-9,11-12,20H,2,7,10,13-18H2,1H3,(H,29,34). The first-order valence-electron chi connectivity index (χ1n) is 11.9. The average Bonchev–Trinajstić information content (AvgIpc) is 2.87. The minimum absolute atomic E-state index is 0.0858. The Morgan fingerprint density at radius 1 is 1.09 bits per heavy atom. The molecule has 0 aromatic heterocycles. The summed E-state index contributed by atoms with van der Waals surface area (Å²) in [7, 11) is 0. The summed E-state index contributed by atoms with van der Waals surface area (Å²) < 4.78 is 5.13. The number of rotatable bonds is 9. The van der Waals surface area contributed by atoms with Crippen molar-refractivity contribution in [2.75, 3.05) is 38.1 Å². The van der Waals surface area contributed by atoms with E-state index in [1.807, 2.05) is 30.3 Å². The highest BCUT2D eigenvalue weighted by molar-refractivity contribution is 6.43. The number of carbonyl (C=O) groups is 3. The molecule has 1 unspecified atom stereocenters. The maximum absolute atomic E-state index is 13.1. The summed E-state index contributed by atoms with van der Waals surface area (Å²) in [5, 5.41) is 3.42. The summed E-state index contributed by atoms with van der Waals surface area (Å²) >= 11 is 12.3. The van der Waals surface area contributed by atoms with E-state index in [9.17, 15) is 14.4 Å². The van der Waals surface area contributed by atoms with Gasteiger partial charge in [0.25, 0.3) is 0 Å². The zero-order valence-corrected chi connectivity index (χ0v) is 21.4. The molecule has 2 aromatic carbocycles. The number of benzene rings is 2. The SMILES string of the molecule is CCOC(=O)C1CCCN(C(=O)CCN(CCc2ccccc2)C(=O)Nc2cccc(Cl)c2Cl)C1. The first-order chi connectivity index (χ1) is 16.9. The number of urea groups is 1. The third kappa shape index (κ3) is 7.87. The van der Waals surface area contributed by atoms with Crippen molar-refractivity contribution >= 4 is 46.8 Å². The van der Waals surface area contributed by atoms with Gasteiger partial charge < -0.3 is 19.9 Å². The molecular weight excluding hydrogens is 489 g/mol. The lowest BCUT2D eigenvalue weighted by Crippen LogP contribution is -2.45. The molecule has 2 aromatic rings. The third-order valence-corrected chi connectivity index (χ3v) is 6.80. The van der Waals surface area contributed by atoms with Gasteiger partial charge in [-0.15, -0.1) is 0 Å². The molecule has 35 heavy (non-hydrogen) atoms. The number of anilines is 1. The van der Waals surface area contributed by atoms with E-state index in [1.54, 1.807) is 34.9 Å². The number of likely N-dealkylation sites (tertiary alicyclic amines) is 1. The van der Waals surface area contributed by atoms with Gasteiger partial charge in [-0.2, -0.15) is 0 Å². The minimum Gasteiger partial charge on any atom is -0.466 e. The van der Waals surface area contributed by atoms with Crippen molar-refractivity contribution in [1.29, 1.82) is 0 Å². The second kappa shape index (κ2) is 13.4. The van der Waals surface area contributed by atoms with Gasteiger partial charge in [0.1, 0.15) is 0 Å². The number of halogens is 2. The van der Waals surface area contributed by atoms with E-state index in [0.717, 1.165) is 12.0 Å². The number of piperidine rings is 1. The van der Waals surface area contributed by atoms with Crippen molar-refractivity contribution in [3.63, 3.8) is 0 Å². The first kappa shape index (κ1) is 26.8. The Kier molecular flexibility index (Phi) is 10.2. The van der Waals surface area contributed by atoms with E-state index in [2.05, 4.69) is 5.32 Å². The second-order valence-corrected chi connectivity index (χ2v) is 9.22. The van der Waals surface area contributed by atoms with Gasteiger partial charge in [0.15, 0.2) is 0 Å². The Morgan fingerprint density at radius 3 is 2.60 bits per heavy atom. The molecule has 1 atom stereocenters. The molecule has 7 nitrogen and oxygen atoms in total. The number of esters is 1. The lowest BCUT2D eigenvalue weighted by atomic mass is 9.98. The second-order valence-electron chi connectivity index (χ2n) is 8.44. The molecule has 1 aliphatic heterocycles. The van der Waals surface area contributed by atoms with Gasteiger partial charge in [0.2, 0.25) is 5.91 Å². The molecular formula is C26H31Cl2N3O4. The zero-order valence-electron chi connectivity index (χ0n) is 19.8. The predicted octanol–water partition coefficient (Wildman–Crippen LogP) is 5.26. The molecule has 188 valence electrons. The van der Waals surface area contributed by atoms with Crippen molar-refractivity contribution < 1.29 is 19.1 Å². The summed E-state index contributed by atoms with van der Waals surface area (Å²) in [5.74, 6) is -0.639. The summed E-state index contributed by atoms with van der Waals surface area (Å²) in [6, 6.07) is 14.5. The van der Waals surface area contributed by atoms with Crippen molar-refractivity contribution in [2.24, 2.45) is 5.92 Å². The summed E-state index contributed by atoms with van der Waals surface area (Å²) in [5.41, 5.74) is 1.50. The van der Waals surface area contributed by atoms with Crippen LogP contribution in [0.5, 0.6) is 0 Å². The average molecular weight is 520 g/mol. The topological polar surface area (TPSA) is 79.0 Å². The number of nitrogens with zero attached hydrogens (tertiary/aromatic N) is 2. The fraction of sp³-hybridized carbons (Fsp3) is 0.423. The normalized spacial score (nSPS) is 15.4. The maximum atomic E-state index is 13.1. The number of carbonyl (C=O) groups excluding carboxylic acids is 3. The van der Waals surface area contributed by atoms with Crippen LogP contribution in [0.2, 0.25) is 10.0 Å². The largest absolute Gasteiger partial charge is 0.466 e. The van der Waals surface area contributed by atoms with Gasteiger partial charge in [-0.3, -0.25) is 9.59 Å². The highest BCUT2D eigenvalue weighted by Crippen LogP contribution is 2.29. The van der Waals surface area contributed by atoms with Crippen LogP contribution in [0.4, 0.5) is 10.5 Å². The smallest absolute Gasteiger partial charge is 0.321 e. The lowest BCUT2D eigenvalue weighted by molar-refractivity contribution is -0.151. The molecule has 1 fully saturated rings. The van der Waals surface area contributed by atoms with Gasteiger partial charge in [0.05, 0.1) is 28.3 Å². The van der Waals surface area contributed by atoms with Gasteiger partial charge in [-0.05, 0) is 43.9 Å². The minimum atomic E-state index is -0.360. The van der Waals surface area contributed by atoms with Crippen LogP contribution in [0, 0.1) is 5.92 Å². The number of nitrogens with one attached hydrogen (secondary N) is 1. The molecule has 0 saturated carbocycles. The summed E-state index contributed by atoms with van der Waals surface area (Å²) in [6.07, 6.45) is 2.26. The van der Waals surface area contributed by atoms with E-state index in [4.69, 9.17) is 27.9 Å². The van der Waals surface area contributed by atoms with Gasteiger partial charge >= 0.3 is 12.0 Å². The van der Waals surface area contributed by atoms with Crippen molar-refractivity contribution in [3.05, 3.63) is 64.1 Å². The molecule has 9 heteroatoms. The molecule has 1 heterocycles. The fourth-order valence-electron chi connectivity index (χ4n) is 4.06. The number of hydrogen-bond donors (Lipinski definition) is 1. The number of ether oxygens (including phenoxy) is 1. The van der Waals surface area contributed by atoms with Crippen LogP contribution in [0.1, 0.15) is 31.7 Å². The van der Waals surface area contributed by atoms with E-state index in [0.29, 0.717) is 49.8 Å². The van der Waals surface area contributed by atoms with Crippen LogP contribution in [0.3, 0.4) is 0 Å². The predicted molar refractivity (Wildman–Crippen MR) is 138 cm³/mol. The van der Waals surface area contributed by atoms with Crippen LogP contribution in [0.15, 0.2) is 48.5 Å². The monoisotopic (exact) mass is 519 g/mol. The molecule has 1 saturated heterocycles.